The quantitative estimate of drug-likeness (QED) is 0.282. The minimum Gasteiger partial charge on any atom is -0.550 e. The molecule has 4 rings (SSSR count). The minimum absolute atomic E-state index is 0. The second kappa shape index (κ2) is 12.3. The molecule has 220 valence electrons. The summed E-state index contributed by atoms with van der Waals surface area (Å²) in [5.74, 6) is -2.91. The number of carboxylic acids is 1. The molecule has 1 aliphatic rings. The maximum absolute atomic E-state index is 14.2. The summed E-state index contributed by atoms with van der Waals surface area (Å²) in [5.41, 5.74) is -2.65. The molecule has 0 unspecified atom stereocenters. The van der Waals surface area contributed by atoms with Crippen molar-refractivity contribution in [1.82, 2.24) is 0 Å². The minimum atomic E-state index is -4.84. The molecule has 0 N–H and O–H groups in total. The Morgan fingerprint density at radius 3 is 2.38 bits per heavy atom. The van der Waals surface area contributed by atoms with Crippen molar-refractivity contribution in [1.29, 1.82) is 0 Å². The van der Waals surface area contributed by atoms with Gasteiger partial charge in [0.2, 0.25) is 0 Å². The van der Waals surface area contributed by atoms with Crippen LogP contribution in [0.3, 0.4) is 0 Å². The van der Waals surface area contributed by atoms with Crippen LogP contribution in [0.5, 0.6) is 11.5 Å². The number of carbonyl (C=O) groups excluding carboxylic acids is 1. The Morgan fingerprint density at radius 1 is 1.07 bits per heavy atom. The number of sulfonamides is 1. The van der Waals surface area contributed by atoms with Gasteiger partial charge in [0.1, 0.15) is 23.4 Å². The first kappa shape index (κ1) is 33.6. The number of alkyl halides is 5. The second-order valence-corrected chi connectivity index (χ2v) is 11.8. The molecule has 0 aromatic heterocycles. The molecule has 1 aliphatic heterocycles. The average molecular weight is 626 g/mol. The molecular formula is C27H22F6NNaO6S. The van der Waals surface area contributed by atoms with Gasteiger partial charge in [0.05, 0.1) is 22.7 Å². The topological polar surface area (TPSA) is 96.0 Å². The van der Waals surface area contributed by atoms with Crippen molar-refractivity contribution in [2.45, 2.75) is 44.1 Å². The van der Waals surface area contributed by atoms with Crippen LogP contribution in [0.2, 0.25) is 0 Å². The standard InChI is InChI=1S/C27H23F6NO6S.Na/c1-26(2,24(35)36)13-20-14-34(41(37,38)21-5-3-4-17(11-21)27(31,32)33)22-10-15(6-7-23(22)39-20)16-8-18(28)12-19(9-16)40-25(29)30;/h3-12,20,25H,13-14H2,1-2H3,(H,35,36);/q;+1/p-1/t20-;/m0./s1. The van der Waals surface area contributed by atoms with E-state index in [0.717, 1.165) is 34.6 Å². The SMILES string of the molecule is CC(C)(C[C@H]1CN(S(=O)(=O)c2cccc(C(F)(F)F)c2)c2cc(-c3cc(F)cc(OC(F)F)c3)ccc2O1)C(=O)[O-].[Na+]. The fraction of sp³-hybridized carbons (Fsp3) is 0.296. The van der Waals surface area contributed by atoms with Gasteiger partial charge in [-0.2, -0.15) is 22.0 Å². The zero-order valence-electron chi connectivity index (χ0n) is 22.4. The second-order valence-electron chi connectivity index (χ2n) is 9.91. The third-order valence-corrected chi connectivity index (χ3v) is 8.14. The molecule has 1 atom stereocenters. The molecule has 3 aromatic rings. The molecule has 1 heterocycles. The summed E-state index contributed by atoms with van der Waals surface area (Å²) in [6.07, 6.45) is -6.11. The Morgan fingerprint density at radius 2 is 1.76 bits per heavy atom. The van der Waals surface area contributed by atoms with Gasteiger partial charge in [-0.25, -0.2) is 12.8 Å². The number of halogens is 6. The Bertz CT molecular complexity index is 1580. The predicted octanol–water partition coefficient (Wildman–Crippen LogP) is 2.24. The maximum atomic E-state index is 14.2. The average Bonchev–Trinajstić information content (AvgIpc) is 2.86. The Labute approximate surface area is 259 Å². The molecule has 0 saturated carbocycles. The van der Waals surface area contributed by atoms with Crippen LogP contribution in [0.1, 0.15) is 25.8 Å². The number of hydrogen-bond donors (Lipinski definition) is 0. The number of ether oxygens (including phenoxy) is 2. The molecule has 0 amide bonds. The van der Waals surface area contributed by atoms with Gasteiger partial charge >= 0.3 is 42.3 Å². The molecule has 0 saturated heterocycles. The van der Waals surface area contributed by atoms with E-state index in [-0.39, 0.29) is 58.5 Å². The zero-order valence-corrected chi connectivity index (χ0v) is 25.2. The molecular weight excluding hydrogens is 603 g/mol. The Hall–Kier alpha value is -2.94. The molecule has 15 heteroatoms. The van der Waals surface area contributed by atoms with E-state index in [0.29, 0.717) is 12.1 Å². The van der Waals surface area contributed by atoms with Crippen LogP contribution in [0.25, 0.3) is 11.1 Å². The smallest absolute Gasteiger partial charge is 0.550 e. The van der Waals surface area contributed by atoms with Gasteiger partial charge in [-0.15, -0.1) is 0 Å². The van der Waals surface area contributed by atoms with E-state index in [2.05, 4.69) is 4.74 Å². The first-order valence-electron chi connectivity index (χ1n) is 12.0. The number of rotatable bonds is 8. The van der Waals surface area contributed by atoms with Gasteiger partial charge in [-0.05, 0) is 60.0 Å². The predicted molar refractivity (Wildman–Crippen MR) is 132 cm³/mol. The van der Waals surface area contributed by atoms with Crippen LogP contribution in [0, 0.1) is 11.2 Å². The largest absolute Gasteiger partial charge is 1.00 e. The van der Waals surface area contributed by atoms with Gasteiger partial charge in [0.25, 0.3) is 10.0 Å². The Balaban J connectivity index is 0.00000484. The summed E-state index contributed by atoms with van der Waals surface area (Å²) in [6.45, 7) is -1.04. The number of aliphatic carboxylic acids is 1. The molecule has 3 aromatic carbocycles. The molecule has 0 aliphatic carbocycles. The molecule has 0 radical (unpaired) electrons. The molecule has 0 spiro atoms. The molecule has 42 heavy (non-hydrogen) atoms. The molecule has 7 nitrogen and oxygen atoms in total. The van der Waals surface area contributed by atoms with Crippen LogP contribution in [0.15, 0.2) is 65.6 Å². The van der Waals surface area contributed by atoms with Crippen LogP contribution in [-0.2, 0) is 21.0 Å². The van der Waals surface area contributed by atoms with E-state index >= 15 is 0 Å². The fourth-order valence-electron chi connectivity index (χ4n) is 4.34. The van der Waals surface area contributed by atoms with E-state index in [1.165, 1.54) is 32.0 Å². The summed E-state index contributed by atoms with van der Waals surface area (Å²) < 4.78 is 118. The summed E-state index contributed by atoms with van der Waals surface area (Å²) in [6, 6.07) is 9.81. The van der Waals surface area contributed by atoms with Crippen molar-refractivity contribution < 1.29 is 83.7 Å². The molecule has 0 fully saturated rings. The summed E-state index contributed by atoms with van der Waals surface area (Å²) in [5, 5.41) is 11.6. The van der Waals surface area contributed by atoms with Crippen molar-refractivity contribution >= 4 is 21.7 Å². The molecule has 0 bridgehead atoms. The monoisotopic (exact) mass is 625 g/mol. The van der Waals surface area contributed by atoms with E-state index in [9.17, 15) is 44.7 Å². The number of carboxylic acid groups (broad SMARTS) is 1. The van der Waals surface area contributed by atoms with E-state index in [1.54, 1.807) is 0 Å². The van der Waals surface area contributed by atoms with Crippen LogP contribution < -0.4 is 48.4 Å². The van der Waals surface area contributed by atoms with Gasteiger partial charge in [0.15, 0.2) is 0 Å². The number of carbonyl (C=O) groups is 1. The van der Waals surface area contributed by atoms with Gasteiger partial charge in [-0.3, -0.25) is 4.31 Å². The maximum Gasteiger partial charge on any atom is 1.00 e. The van der Waals surface area contributed by atoms with E-state index < -0.39 is 68.9 Å². The van der Waals surface area contributed by atoms with E-state index in [4.69, 9.17) is 4.74 Å². The third kappa shape index (κ3) is 7.33. The summed E-state index contributed by atoms with van der Waals surface area (Å²) >= 11 is 0. The summed E-state index contributed by atoms with van der Waals surface area (Å²) in [4.78, 5) is 10.9. The van der Waals surface area contributed by atoms with Crippen molar-refractivity contribution in [3.05, 3.63) is 72.0 Å². The first-order chi connectivity index (χ1) is 19.0. The normalized spacial score (nSPS) is 15.5. The van der Waals surface area contributed by atoms with Crippen LogP contribution in [-0.4, -0.2) is 33.6 Å². The number of fused-ring (bicyclic) bond motifs is 1. The zero-order chi connectivity index (χ0) is 30.3. The number of nitrogens with zero attached hydrogens (tertiary/aromatic N) is 1. The number of hydrogen-bond acceptors (Lipinski definition) is 6. The van der Waals surface area contributed by atoms with Crippen molar-refractivity contribution in [3.8, 4) is 22.6 Å². The third-order valence-electron chi connectivity index (χ3n) is 6.36. The van der Waals surface area contributed by atoms with Gasteiger partial charge in [0, 0.05) is 17.5 Å². The van der Waals surface area contributed by atoms with Crippen LogP contribution >= 0.6 is 0 Å². The Kier molecular flexibility index (Phi) is 9.87. The first-order valence-corrected chi connectivity index (χ1v) is 13.4. The summed E-state index contributed by atoms with van der Waals surface area (Å²) in [7, 11) is -4.71. The van der Waals surface area contributed by atoms with Crippen molar-refractivity contribution in [2.75, 3.05) is 10.8 Å². The number of benzene rings is 3. The van der Waals surface area contributed by atoms with Gasteiger partial charge < -0.3 is 19.4 Å². The van der Waals surface area contributed by atoms with Crippen molar-refractivity contribution in [3.63, 3.8) is 0 Å². The van der Waals surface area contributed by atoms with Crippen molar-refractivity contribution in [2.24, 2.45) is 5.41 Å². The fourth-order valence-corrected chi connectivity index (χ4v) is 5.88. The van der Waals surface area contributed by atoms with Gasteiger partial charge in [-0.1, -0.05) is 26.0 Å². The van der Waals surface area contributed by atoms with E-state index in [1.807, 2.05) is 0 Å². The van der Waals surface area contributed by atoms with Crippen LogP contribution in [0.4, 0.5) is 32.0 Å². The number of anilines is 1.